The van der Waals surface area contributed by atoms with E-state index in [1.807, 2.05) is 0 Å². The van der Waals surface area contributed by atoms with Crippen molar-refractivity contribution in [3.8, 4) is 0 Å². The van der Waals surface area contributed by atoms with Gasteiger partial charge in [0.15, 0.2) is 0 Å². The molecule has 1 aromatic rings. The van der Waals surface area contributed by atoms with Crippen molar-refractivity contribution in [2.45, 2.75) is 64.1 Å². The summed E-state index contributed by atoms with van der Waals surface area (Å²) in [5, 5.41) is 16.0. The fraction of sp³-hybridized carbons (Fsp3) is 0.765. The first-order valence-electron chi connectivity index (χ1n) is 8.93. The summed E-state index contributed by atoms with van der Waals surface area (Å²) < 4.78 is 2.11. The van der Waals surface area contributed by atoms with Gasteiger partial charge in [-0.2, -0.15) is 5.10 Å². The minimum absolute atomic E-state index is 0.0124. The molecule has 2 aliphatic rings. The van der Waals surface area contributed by atoms with E-state index in [2.05, 4.69) is 26.1 Å². The van der Waals surface area contributed by atoms with E-state index in [0.717, 1.165) is 31.4 Å². The van der Waals surface area contributed by atoms with E-state index in [0.29, 0.717) is 19.4 Å². The van der Waals surface area contributed by atoms with Crippen LogP contribution in [0.2, 0.25) is 0 Å². The normalized spacial score (nSPS) is 19.5. The van der Waals surface area contributed by atoms with Crippen LogP contribution < -0.4 is 5.32 Å². The Bertz CT molecular complexity index is 523. The molecule has 0 radical (unpaired) electrons. The van der Waals surface area contributed by atoms with Crippen LogP contribution >= 0.6 is 0 Å². The Labute approximate surface area is 137 Å². The molecule has 0 spiro atoms. The minimum Gasteiger partial charge on any atom is -0.395 e. The Morgan fingerprint density at radius 3 is 2.91 bits per heavy atom. The summed E-state index contributed by atoms with van der Waals surface area (Å²) in [6, 6.07) is 2.91. The number of aromatic nitrogens is 2. The summed E-state index contributed by atoms with van der Waals surface area (Å²) in [5.41, 5.74) is 2.29. The second-order valence-electron chi connectivity index (χ2n) is 6.69. The third kappa shape index (κ3) is 4.32. The molecule has 3 rings (SSSR count). The van der Waals surface area contributed by atoms with Gasteiger partial charge in [0.1, 0.15) is 0 Å². The van der Waals surface area contributed by atoms with Gasteiger partial charge < -0.3 is 10.4 Å². The van der Waals surface area contributed by atoms with Gasteiger partial charge >= 0.3 is 0 Å². The number of fused-ring (bicyclic) bond motifs is 1. The van der Waals surface area contributed by atoms with Crippen molar-refractivity contribution in [1.29, 1.82) is 0 Å². The summed E-state index contributed by atoms with van der Waals surface area (Å²) in [6.07, 6.45) is 7.91. The quantitative estimate of drug-likeness (QED) is 0.823. The zero-order valence-corrected chi connectivity index (χ0v) is 13.8. The highest BCUT2D eigenvalue weighted by atomic mass is 16.3. The number of nitrogens with one attached hydrogen (secondary N) is 1. The van der Waals surface area contributed by atoms with Crippen molar-refractivity contribution in [2.75, 3.05) is 19.7 Å². The lowest BCUT2D eigenvalue weighted by Gasteiger charge is -2.36. The minimum atomic E-state index is -0.0196. The monoisotopic (exact) mass is 320 g/mol. The van der Waals surface area contributed by atoms with Crippen molar-refractivity contribution in [2.24, 2.45) is 0 Å². The van der Waals surface area contributed by atoms with Crippen LogP contribution in [0.3, 0.4) is 0 Å². The molecule has 0 atom stereocenters. The third-order valence-electron chi connectivity index (χ3n) is 5.01. The van der Waals surface area contributed by atoms with E-state index in [-0.39, 0.29) is 12.5 Å². The fourth-order valence-electron chi connectivity index (χ4n) is 3.75. The SMILES string of the molecule is O=C(CCc1cc2n(n1)CCN(C1CCCCC1)C2)NCCO. The number of nitrogens with zero attached hydrogens (tertiary/aromatic N) is 3. The van der Waals surface area contributed by atoms with Crippen LogP contribution in [0.5, 0.6) is 0 Å². The highest BCUT2D eigenvalue weighted by Crippen LogP contribution is 2.26. The molecule has 1 aromatic heterocycles. The molecular formula is C17H28N4O2. The summed E-state index contributed by atoms with van der Waals surface area (Å²) in [5.74, 6) is -0.0196. The van der Waals surface area contributed by atoms with Crippen LogP contribution in [-0.4, -0.2) is 51.4 Å². The van der Waals surface area contributed by atoms with E-state index in [1.54, 1.807) is 0 Å². The van der Waals surface area contributed by atoms with Gasteiger partial charge in [0.25, 0.3) is 0 Å². The highest BCUT2D eigenvalue weighted by Gasteiger charge is 2.25. The van der Waals surface area contributed by atoms with Crippen LogP contribution in [0.1, 0.15) is 49.9 Å². The molecule has 1 fully saturated rings. The van der Waals surface area contributed by atoms with Crippen molar-refractivity contribution >= 4 is 5.91 Å². The lowest BCUT2D eigenvalue weighted by molar-refractivity contribution is -0.121. The standard InChI is InChI=1S/C17H28N4O2/c22-11-8-18-17(23)7-6-14-12-16-13-20(9-10-21(16)19-14)15-4-2-1-3-5-15/h12,15,22H,1-11,13H2,(H,18,23). The molecule has 0 unspecified atom stereocenters. The molecule has 2 N–H and O–H groups in total. The maximum absolute atomic E-state index is 11.6. The molecule has 1 saturated carbocycles. The zero-order valence-electron chi connectivity index (χ0n) is 13.8. The first-order valence-corrected chi connectivity index (χ1v) is 8.93. The molecule has 23 heavy (non-hydrogen) atoms. The van der Waals surface area contributed by atoms with Gasteiger partial charge in [0.05, 0.1) is 24.5 Å². The molecule has 0 saturated heterocycles. The summed E-state index contributed by atoms with van der Waals surface area (Å²) in [4.78, 5) is 14.2. The van der Waals surface area contributed by atoms with E-state index < -0.39 is 0 Å². The van der Waals surface area contributed by atoms with Crippen molar-refractivity contribution in [1.82, 2.24) is 20.0 Å². The third-order valence-corrected chi connectivity index (χ3v) is 5.01. The molecule has 1 aliphatic heterocycles. The number of aryl methyl sites for hydroxylation is 1. The Morgan fingerprint density at radius 1 is 1.30 bits per heavy atom. The van der Waals surface area contributed by atoms with Gasteiger partial charge in [0, 0.05) is 38.5 Å². The van der Waals surface area contributed by atoms with E-state index >= 15 is 0 Å². The average molecular weight is 320 g/mol. The Balaban J connectivity index is 1.52. The van der Waals surface area contributed by atoms with Crippen molar-refractivity contribution in [3.63, 3.8) is 0 Å². The molecule has 1 aliphatic carbocycles. The highest BCUT2D eigenvalue weighted by molar-refractivity contribution is 5.76. The topological polar surface area (TPSA) is 70.4 Å². The van der Waals surface area contributed by atoms with Crippen LogP contribution in [0.15, 0.2) is 6.07 Å². The van der Waals surface area contributed by atoms with E-state index in [4.69, 9.17) is 5.11 Å². The summed E-state index contributed by atoms with van der Waals surface area (Å²) in [7, 11) is 0. The number of rotatable bonds is 6. The van der Waals surface area contributed by atoms with Gasteiger partial charge in [-0.05, 0) is 18.9 Å². The maximum atomic E-state index is 11.6. The maximum Gasteiger partial charge on any atom is 0.220 e. The van der Waals surface area contributed by atoms with Crippen LogP contribution in [-0.2, 0) is 24.3 Å². The number of carbonyl (C=O) groups is 1. The number of carbonyl (C=O) groups excluding carboxylic acids is 1. The van der Waals surface area contributed by atoms with Gasteiger partial charge in [-0.25, -0.2) is 0 Å². The van der Waals surface area contributed by atoms with Gasteiger partial charge in [0.2, 0.25) is 5.91 Å². The Kier molecular flexibility index (Phi) is 5.67. The van der Waals surface area contributed by atoms with Gasteiger partial charge in [-0.1, -0.05) is 19.3 Å². The largest absolute Gasteiger partial charge is 0.395 e. The second-order valence-corrected chi connectivity index (χ2v) is 6.69. The fourth-order valence-corrected chi connectivity index (χ4v) is 3.75. The molecule has 0 bridgehead atoms. The molecule has 6 heteroatoms. The van der Waals surface area contributed by atoms with Crippen molar-refractivity contribution < 1.29 is 9.90 Å². The van der Waals surface area contributed by atoms with Gasteiger partial charge in [-0.3, -0.25) is 14.4 Å². The lowest BCUT2D eigenvalue weighted by atomic mass is 9.94. The molecule has 6 nitrogen and oxygen atoms in total. The molecule has 128 valence electrons. The Morgan fingerprint density at radius 2 is 2.13 bits per heavy atom. The molecule has 0 aromatic carbocycles. The number of hydrogen-bond donors (Lipinski definition) is 2. The number of aliphatic hydroxyl groups is 1. The predicted octanol–water partition coefficient (Wildman–Crippen LogP) is 1.07. The van der Waals surface area contributed by atoms with Crippen molar-refractivity contribution in [3.05, 3.63) is 17.5 Å². The van der Waals surface area contributed by atoms with Crippen LogP contribution in [0, 0.1) is 0 Å². The van der Waals surface area contributed by atoms with E-state index in [9.17, 15) is 4.79 Å². The predicted molar refractivity (Wildman–Crippen MR) is 87.9 cm³/mol. The average Bonchev–Trinajstić information content (AvgIpc) is 3.01. The molecule has 1 amide bonds. The van der Waals surface area contributed by atoms with Crippen LogP contribution in [0.25, 0.3) is 0 Å². The molecule has 2 heterocycles. The summed E-state index contributed by atoms with van der Waals surface area (Å²) >= 11 is 0. The summed E-state index contributed by atoms with van der Waals surface area (Å²) in [6.45, 7) is 3.36. The lowest BCUT2D eigenvalue weighted by Crippen LogP contribution is -2.42. The first-order chi connectivity index (χ1) is 11.3. The second kappa shape index (κ2) is 7.93. The molecular weight excluding hydrogens is 292 g/mol. The number of hydrogen-bond acceptors (Lipinski definition) is 4. The van der Waals surface area contributed by atoms with Crippen LogP contribution in [0.4, 0.5) is 0 Å². The zero-order chi connectivity index (χ0) is 16.1. The number of aliphatic hydroxyl groups excluding tert-OH is 1. The Hall–Kier alpha value is -1.40. The number of amides is 1. The van der Waals surface area contributed by atoms with E-state index in [1.165, 1.54) is 37.8 Å². The van der Waals surface area contributed by atoms with Gasteiger partial charge in [-0.15, -0.1) is 0 Å². The first kappa shape index (κ1) is 16.5. The smallest absolute Gasteiger partial charge is 0.220 e.